The molecule has 0 aromatic heterocycles. The molecule has 4 rings (SSSR count). The maximum Gasteiger partial charge on any atom is 0.0313 e. The molecule has 0 saturated heterocycles. The van der Waals surface area contributed by atoms with Crippen molar-refractivity contribution in [3.63, 3.8) is 0 Å². The molecular weight excluding hydrogens is 350 g/mol. The summed E-state index contributed by atoms with van der Waals surface area (Å²) in [5, 5.41) is 8.08. The van der Waals surface area contributed by atoms with E-state index in [0.717, 1.165) is 47.6 Å². The number of hydrogen-bond donors (Lipinski definition) is 1. The summed E-state index contributed by atoms with van der Waals surface area (Å²) in [6.45, 7) is 19.9. The number of fused-ring (bicyclic) bond motifs is 5. The lowest BCUT2D eigenvalue weighted by atomic mass is 9.48. The maximum absolute atomic E-state index is 8.08. The first-order valence-electron chi connectivity index (χ1n) is 12.2. The highest BCUT2D eigenvalue weighted by atomic mass is 14.6. The lowest BCUT2D eigenvalue weighted by Crippen LogP contribution is -2.49. The normalized spacial score (nSPS) is 39.7. The van der Waals surface area contributed by atoms with Crippen molar-refractivity contribution in [3.05, 3.63) is 49.6 Å². The van der Waals surface area contributed by atoms with E-state index in [1.807, 2.05) is 13.8 Å². The van der Waals surface area contributed by atoms with E-state index in [-0.39, 0.29) is 0 Å². The van der Waals surface area contributed by atoms with E-state index in [9.17, 15) is 0 Å². The van der Waals surface area contributed by atoms with Gasteiger partial charge in [-0.1, -0.05) is 71.1 Å². The average molecular weight is 396 g/mol. The summed E-state index contributed by atoms with van der Waals surface area (Å²) in [5.41, 5.74) is 2.97. The minimum Gasteiger partial charge on any atom is -0.305 e. The third-order valence-corrected chi connectivity index (χ3v) is 8.58. The highest BCUT2D eigenvalue weighted by Gasteiger charge is 2.57. The molecular formula is C28H45N. The molecule has 3 fully saturated rings. The quantitative estimate of drug-likeness (QED) is 0.366. The van der Waals surface area contributed by atoms with Crippen LogP contribution in [0.2, 0.25) is 0 Å². The van der Waals surface area contributed by atoms with Crippen molar-refractivity contribution < 1.29 is 0 Å². The van der Waals surface area contributed by atoms with Crippen LogP contribution < -0.4 is 0 Å². The molecule has 0 aromatic rings. The Morgan fingerprint density at radius 1 is 1.10 bits per heavy atom. The van der Waals surface area contributed by atoms with Gasteiger partial charge in [0, 0.05) is 5.71 Å². The number of rotatable bonds is 3. The van der Waals surface area contributed by atoms with Gasteiger partial charge in [-0.3, -0.25) is 0 Å². The Kier molecular flexibility index (Phi) is 8.73. The van der Waals surface area contributed by atoms with E-state index < -0.39 is 0 Å². The Bertz CT molecular complexity index is 620. The second-order valence-electron chi connectivity index (χ2n) is 9.41. The Balaban J connectivity index is 0.000000449. The predicted octanol–water partition coefficient (Wildman–Crippen LogP) is 8.40. The maximum atomic E-state index is 8.08. The van der Waals surface area contributed by atoms with Gasteiger partial charge in [0.25, 0.3) is 0 Å². The molecule has 1 N–H and O–H groups in total. The van der Waals surface area contributed by atoms with Crippen molar-refractivity contribution in [2.24, 2.45) is 40.9 Å². The molecule has 0 amide bonds. The molecule has 0 spiro atoms. The van der Waals surface area contributed by atoms with Gasteiger partial charge in [0.15, 0.2) is 0 Å². The van der Waals surface area contributed by atoms with Crippen LogP contribution in [-0.4, -0.2) is 5.71 Å². The summed E-state index contributed by atoms with van der Waals surface area (Å²) in [4.78, 5) is 0. The lowest BCUT2D eigenvalue weighted by Gasteiger charge is -2.57. The fraction of sp³-hybridized carbons (Fsp3) is 0.679. The second kappa shape index (κ2) is 10.6. The molecule has 7 atom stereocenters. The van der Waals surface area contributed by atoms with Crippen LogP contribution in [0.1, 0.15) is 79.1 Å². The molecule has 0 radical (unpaired) electrons. The van der Waals surface area contributed by atoms with Gasteiger partial charge in [-0.25, -0.2) is 0 Å². The number of hydrogen-bond acceptors (Lipinski definition) is 1. The molecule has 0 bridgehead atoms. The zero-order chi connectivity index (χ0) is 21.6. The van der Waals surface area contributed by atoms with E-state index in [1.165, 1.54) is 44.9 Å². The predicted molar refractivity (Wildman–Crippen MR) is 129 cm³/mol. The zero-order valence-electron chi connectivity index (χ0n) is 19.6. The molecule has 29 heavy (non-hydrogen) atoms. The molecule has 1 heteroatoms. The minimum absolute atomic E-state index is 0.442. The van der Waals surface area contributed by atoms with E-state index in [1.54, 1.807) is 17.7 Å². The first-order valence-corrected chi connectivity index (χ1v) is 12.2. The molecule has 4 aliphatic carbocycles. The molecule has 0 heterocycles. The van der Waals surface area contributed by atoms with E-state index in [0.29, 0.717) is 5.41 Å². The Morgan fingerprint density at radius 3 is 2.38 bits per heavy atom. The molecule has 4 aliphatic rings. The van der Waals surface area contributed by atoms with Gasteiger partial charge in [-0.05, 0) is 91.9 Å². The van der Waals surface area contributed by atoms with Crippen LogP contribution in [-0.2, 0) is 0 Å². The molecule has 1 nitrogen and oxygen atoms in total. The SMILES string of the molecule is C=CC12CCC3C4CCC(=N)C=C4CC(CC)C3C1CCC2C.C=CC=C.CC. The summed E-state index contributed by atoms with van der Waals surface area (Å²) >= 11 is 0. The summed E-state index contributed by atoms with van der Waals surface area (Å²) in [6, 6.07) is 0. The topological polar surface area (TPSA) is 23.9 Å². The number of allylic oxidation sites excluding steroid dienone is 5. The van der Waals surface area contributed by atoms with Crippen molar-refractivity contribution in [1.29, 1.82) is 5.41 Å². The summed E-state index contributed by atoms with van der Waals surface area (Å²) in [7, 11) is 0. The van der Waals surface area contributed by atoms with Crippen LogP contribution in [0.3, 0.4) is 0 Å². The van der Waals surface area contributed by atoms with Crippen molar-refractivity contribution in [3.8, 4) is 0 Å². The standard InChI is InChI=1S/C22H33N.C4H6.C2H6/c1-4-15-12-16-13-17(23)7-8-18(16)19-10-11-22(5-2)14(3)6-9-20(22)21(15)19;1-3-4-2;1-2/h5,13-15,18-21,23H,2,4,6-12H2,1,3H3;3-4H,1-2H2;1-2H3. The minimum atomic E-state index is 0.442. The van der Waals surface area contributed by atoms with Crippen molar-refractivity contribution in [2.45, 2.75) is 79.1 Å². The van der Waals surface area contributed by atoms with Crippen LogP contribution in [0, 0.1) is 46.3 Å². The molecule has 162 valence electrons. The van der Waals surface area contributed by atoms with Gasteiger partial charge in [0.05, 0.1) is 0 Å². The summed E-state index contributed by atoms with van der Waals surface area (Å²) in [6.07, 6.45) is 18.4. The van der Waals surface area contributed by atoms with Gasteiger partial charge >= 0.3 is 0 Å². The molecule has 0 aliphatic heterocycles. The average Bonchev–Trinajstić information content (AvgIpc) is 3.11. The van der Waals surface area contributed by atoms with Crippen LogP contribution in [0.5, 0.6) is 0 Å². The third kappa shape index (κ3) is 4.39. The highest BCUT2D eigenvalue weighted by molar-refractivity contribution is 5.93. The summed E-state index contributed by atoms with van der Waals surface area (Å²) < 4.78 is 0. The van der Waals surface area contributed by atoms with Crippen molar-refractivity contribution in [2.75, 3.05) is 0 Å². The van der Waals surface area contributed by atoms with Gasteiger partial charge < -0.3 is 5.41 Å². The fourth-order valence-corrected chi connectivity index (χ4v) is 7.28. The largest absolute Gasteiger partial charge is 0.305 e. The number of nitrogens with one attached hydrogen (secondary N) is 1. The van der Waals surface area contributed by atoms with Gasteiger partial charge in [-0.15, -0.1) is 6.58 Å². The van der Waals surface area contributed by atoms with Crippen LogP contribution in [0.4, 0.5) is 0 Å². The van der Waals surface area contributed by atoms with Crippen molar-refractivity contribution >= 4 is 5.71 Å². The monoisotopic (exact) mass is 395 g/mol. The zero-order valence-corrected chi connectivity index (χ0v) is 19.6. The highest BCUT2D eigenvalue weighted by Crippen LogP contribution is 2.65. The molecule has 7 unspecified atom stereocenters. The Hall–Kier alpha value is -1.37. The summed E-state index contributed by atoms with van der Waals surface area (Å²) in [5.74, 6) is 5.20. The van der Waals surface area contributed by atoms with E-state index in [2.05, 4.69) is 45.7 Å². The van der Waals surface area contributed by atoms with Crippen LogP contribution >= 0.6 is 0 Å². The first-order chi connectivity index (χ1) is 14.0. The van der Waals surface area contributed by atoms with Crippen LogP contribution in [0.25, 0.3) is 0 Å². The first kappa shape index (κ1) is 23.9. The fourth-order valence-electron chi connectivity index (χ4n) is 7.28. The third-order valence-electron chi connectivity index (χ3n) is 8.58. The lowest BCUT2D eigenvalue weighted by molar-refractivity contribution is -0.0324. The Morgan fingerprint density at radius 2 is 1.79 bits per heavy atom. The Labute approximate surface area is 181 Å². The van der Waals surface area contributed by atoms with E-state index >= 15 is 0 Å². The van der Waals surface area contributed by atoms with Gasteiger partial charge in [0.2, 0.25) is 0 Å². The van der Waals surface area contributed by atoms with Crippen LogP contribution in [0.15, 0.2) is 49.6 Å². The van der Waals surface area contributed by atoms with Crippen molar-refractivity contribution in [1.82, 2.24) is 0 Å². The van der Waals surface area contributed by atoms with Gasteiger partial charge in [0.1, 0.15) is 0 Å². The molecule has 0 aromatic carbocycles. The second-order valence-corrected chi connectivity index (χ2v) is 9.41. The van der Waals surface area contributed by atoms with Gasteiger partial charge in [-0.2, -0.15) is 0 Å². The molecule has 3 saturated carbocycles. The van der Waals surface area contributed by atoms with E-state index in [4.69, 9.17) is 5.41 Å². The smallest absolute Gasteiger partial charge is 0.0313 e.